The number of nitrogens with two attached hydrogens (primary N) is 1. The molecular weight excluding hydrogens is 244 g/mol. The Morgan fingerprint density at radius 2 is 2.42 bits per heavy atom. The number of nitrogen functional groups attached to an aromatic ring is 1. The van der Waals surface area contributed by atoms with Gasteiger partial charge in [0.15, 0.2) is 5.75 Å². The van der Waals surface area contributed by atoms with Crippen molar-refractivity contribution in [1.82, 2.24) is 5.32 Å². The van der Waals surface area contributed by atoms with Crippen molar-refractivity contribution < 1.29 is 14.3 Å². The van der Waals surface area contributed by atoms with Crippen molar-refractivity contribution >= 4 is 11.6 Å². The summed E-state index contributed by atoms with van der Waals surface area (Å²) in [7, 11) is 0. The van der Waals surface area contributed by atoms with Gasteiger partial charge in [0, 0.05) is 19.1 Å². The lowest BCUT2D eigenvalue weighted by Gasteiger charge is -2.14. The highest BCUT2D eigenvalue weighted by atomic mass is 16.5. The minimum Gasteiger partial charge on any atom is -0.491 e. The Hall–Kier alpha value is -1.75. The van der Waals surface area contributed by atoms with E-state index in [1.807, 2.05) is 6.92 Å². The van der Waals surface area contributed by atoms with E-state index in [-0.39, 0.29) is 5.91 Å². The maximum atomic E-state index is 12.2. The topological polar surface area (TPSA) is 73.6 Å². The molecule has 1 fully saturated rings. The number of anilines is 1. The molecule has 0 radical (unpaired) electrons. The van der Waals surface area contributed by atoms with E-state index in [2.05, 4.69) is 5.32 Å². The number of ether oxygens (including phenoxy) is 2. The number of para-hydroxylation sites is 1. The number of carbonyl (C=O) groups excluding carboxylic acids is 1. The minimum absolute atomic E-state index is 0.150. The molecule has 2 rings (SSSR count). The van der Waals surface area contributed by atoms with Crippen molar-refractivity contribution in [2.75, 3.05) is 32.1 Å². The van der Waals surface area contributed by atoms with Gasteiger partial charge < -0.3 is 20.5 Å². The first-order valence-electron chi connectivity index (χ1n) is 6.59. The van der Waals surface area contributed by atoms with E-state index < -0.39 is 0 Å². The van der Waals surface area contributed by atoms with Crippen molar-refractivity contribution in [3.8, 4) is 5.75 Å². The van der Waals surface area contributed by atoms with Gasteiger partial charge in [0.2, 0.25) is 0 Å². The van der Waals surface area contributed by atoms with Crippen LogP contribution in [0, 0.1) is 5.92 Å². The lowest BCUT2D eigenvalue weighted by Crippen LogP contribution is -2.30. The molecule has 1 unspecified atom stereocenters. The smallest absolute Gasteiger partial charge is 0.255 e. The first kappa shape index (κ1) is 13.7. The molecule has 1 saturated heterocycles. The van der Waals surface area contributed by atoms with Gasteiger partial charge in [-0.05, 0) is 25.5 Å². The van der Waals surface area contributed by atoms with Gasteiger partial charge in [0.1, 0.15) is 0 Å². The second-order valence-corrected chi connectivity index (χ2v) is 4.60. The van der Waals surface area contributed by atoms with Crippen LogP contribution in [0.15, 0.2) is 18.2 Å². The fourth-order valence-electron chi connectivity index (χ4n) is 2.12. The predicted octanol–water partition coefficient (Wildman–Crippen LogP) is 1.43. The third kappa shape index (κ3) is 3.38. The van der Waals surface area contributed by atoms with Crippen LogP contribution in [0.25, 0.3) is 0 Å². The second-order valence-electron chi connectivity index (χ2n) is 4.60. The van der Waals surface area contributed by atoms with Crippen LogP contribution in [-0.2, 0) is 4.74 Å². The minimum atomic E-state index is -0.150. The van der Waals surface area contributed by atoms with Crippen LogP contribution in [0.2, 0.25) is 0 Å². The Balaban J connectivity index is 2.03. The number of benzene rings is 1. The van der Waals surface area contributed by atoms with Crippen LogP contribution in [0.1, 0.15) is 23.7 Å². The maximum absolute atomic E-state index is 12.2. The number of rotatable bonds is 5. The average molecular weight is 264 g/mol. The average Bonchev–Trinajstić information content (AvgIpc) is 2.92. The van der Waals surface area contributed by atoms with Gasteiger partial charge in [-0.25, -0.2) is 0 Å². The van der Waals surface area contributed by atoms with E-state index in [0.717, 1.165) is 19.6 Å². The predicted molar refractivity (Wildman–Crippen MR) is 73.3 cm³/mol. The van der Waals surface area contributed by atoms with E-state index in [1.54, 1.807) is 18.2 Å². The van der Waals surface area contributed by atoms with Crippen LogP contribution in [0.5, 0.6) is 5.75 Å². The van der Waals surface area contributed by atoms with E-state index in [0.29, 0.717) is 36.1 Å². The Labute approximate surface area is 113 Å². The quantitative estimate of drug-likeness (QED) is 0.789. The normalized spacial score (nSPS) is 18.3. The van der Waals surface area contributed by atoms with Crippen molar-refractivity contribution in [3.63, 3.8) is 0 Å². The van der Waals surface area contributed by atoms with Crippen LogP contribution in [0.3, 0.4) is 0 Å². The fraction of sp³-hybridized carbons (Fsp3) is 0.500. The summed E-state index contributed by atoms with van der Waals surface area (Å²) in [6.45, 7) is 4.46. The molecular formula is C14H20N2O3. The van der Waals surface area contributed by atoms with Crippen LogP contribution in [-0.4, -0.2) is 32.3 Å². The highest BCUT2D eigenvalue weighted by Gasteiger charge is 2.19. The summed E-state index contributed by atoms with van der Waals surface area (Å²) in [5.74, 6) is 0.716. The van der Waals surface area contributed by atoms with E-state index >= 15 is 0 Å². The molecule has 5 heteroatoms. The van der Waals surface area contributed by atoms with Gasteiger partial charge in [-0.1, -0.05) is 6.07 Å². The molecule has 0 bridgehead atoms. The van der Waals surface area contributed by atoms with Gasteiger partial charge in [-0.3, -0.25) is 4.79 Å². The Bertz CT molecular complexity index is 442. The molecule has 3 N–H and O–H groups in total. The van der Waals surface area contributed by atoms with Gasteiger partial charge in [0.05, 0.1) is 24.5 Å². The van der Waals surface area contributed by atoms with Crippen LogP contribution >= 0.6 is 0 Å². The van der Waals surface area contributed by atoms with Crippen molar-refractivity contribution in [3.05, 3.63) is 23.8 Å². The monoisotopic (exact) mass is 264 g/mol. The third-order valence-corrected chi connectivity index (χ3v) is 3.15. The van der Waals surface area contributed by atoms with Crippen molar-refractivity contribution in [2.24, 2.45) is 5.92 Å². The summed E-state index contributed by atoms with van der Waals surface area (Å²) in [5, 5.41) is 2.91. The summed E-state index contributed by atoms with van der Waals surface area (Å²) in [4.78, 5) is 12.2. The van der Waals surface area contributed by atoms with Gasteiger partial charge in [-0.15, -0.1) is 0 Å². The molecule has 1 aliphatic rings. The molecule has 5 nitrogen and oxygen atoms in total. The highest BCUT2D eigenvalue weighted by molar-refractivity contribution is 5.98. The standard InChI is InChI=1S/C14H20N2O3/c1-2-19-13-11(4-3-5-12(13)15)14(17)16-8-10-6-7-18-9-10/h3-5,10H,2,6-9,15H2,1H3,(H,16,17). The molecule has 19 heavy (non-hydrogen) atoms. The molecule has 1 aromatic rings. The summed E-state index contributed by atoms with van der Waals surface area (Å²) >= 11 is 0. The lowest BCUT2D eigenvalue weighted by atomic mass is 10.1. The number of nitrogens with one attached hydrogen (secondary N) is 1. The largest absolute Gasteiger partial charge is 0.491 e. The molecule has 1 amide bonds. The highest BCUT2D eigenvalue weighted by Crippen LogP contribution is 2.26. The zero-order chi connectivity index (χ0) is 13.7. The summed E-state index contributed by atoms with van der Waals surface area (Å²) in [6, 6.07) is 5.21. The Morgan fingerprint density at radius 1 is 1.58 bits per heavy atom. The van der Waals surface area contributed by atoms with Gasteiger partial charge in [0.25, 0.3) is 5.91 Å². The van der Waals surface area contributed by atoms with E-state index in [9.17, 15) is 4.79 Å². The molecule has 1 heterocycles. The van der Waals surface area contributed by atoms with Crippen molar-refractivity contribution in [2.45, 2.75) is 13.3 Å². The van der Waals surface area contributed by atoms with Crippen LogP contribution in [0.4, 0.5) is 5.69 Å². The molecule has 0 saturated carbocycles. The molecule has 1 atom stereocenters. The SMILES string of the molecule is CCOc1c(N)cccc1C(=O)NCC1CCOC1. The molecule has 1 aliphatic heterocycles. The lowest BCUT2D eigenvalue weighted by molar-refractivity contribution is 0.0941. The van der Waals surface area contributed by atoms with Crippen LogP contribution < -0.4 is 15.8 Å². The number of carbonyl (C=O) groups is 1. The van der Waals surface area contributed by atoms with E-state index in [4.69, 9.17) is 15.2 Å². The summed E-state index contributed by atoms with van der Waals surface area (Å²) in [6.07, 6.45) is 0.996. The van der Waals surface area contributed by atoms with Crippen molar-refractivity contribution in [1.29, 1.82) is 0 Å². The molecule has 104 valence electrons. The number of hydrogen-bond acceptors (Lipinski definition) is 4. The first-order chi connectivity index (χ1) is 9.22. The molecule has 0 aromatic heterocycles. The van der Waals surface area contributed by atoms with Gasteiger partial charge >= 0.3 is 0 Å². The number of hydrogen-bond donors (Lipinski definition) is 2. The zero-order valence-corrected chi connectivity index (χ0v) is 11.1. The fourth-order valence-corrected chi connectivity index (χ4v) is 2.12. The first-order valence-corrected chi connectivity index (χ1v) is 6.59. The third-order valence-electron chi connectivity index (χ3n) is 3.15. The molecule has 0 spiro atoms. The van der Waals surface area contributed by atoms with E-state index in [1.165, 1.54) is 0 Å². The zero-order valence-electron chi connectivity index (χ0n) is 11.1. The summed E-state index contributed by atoms with van der Waals surface area (Å²) in [5.41, 5.74) is 6.81. The number of amides is 1. The second kappa shape index (κ2) is 6.43. The Morgan fingerprint density at radius 3 is 3.11 bits per heavy atom. The Kier molecular flexibility index (Phi) is 4.63. The maximum Gasteiger partial charge on any atom is 0.255 e. The van der Waals surface area contributed by atoms with Gasteiger partial charge in [-0.2, -0.15) is 0 Å². The molecule has 1 aromatic carbocycles. The summed E-state index contributed by atoms with van der Waals surface area (Å²) < 4.78 is 10.7. The molecule has 0 aliphatic carbocycles.